The molecule has 0 saturated carbocycles. The molecule has 0 amide bonds. The Morgan fingerprint density at radius 2 is 2.19 bits per heavy atom. The van der Waals surface area contributed by atoms with Crippen LogP contribution >= 0.6 is 15.9 Å². The fraction of sp³-hybridized carbons (Fsp3) is 0.200. The molecule has 0 radical (unpaired) electrons. The Bertz CT molecular complexity index is 470. The molecular weight excluding hydrogens is 278 g/mol. The van der Waals surface area contributed by atoms with Crippen LogP contribution < -0.4 is 0 Å². The van der Waals surface area contributed by atoms with Crippen molar-refractivity contribution in [2.75, 3.05) is 5.33 Å². The summed E-state index contributed by atoms with van der Waals surface area (Å²) < 4.78 is 0. The highest BCUT2D eigenvalue weighted by Crippen LogP contribution is 2.22. The van der Waals surface area contributed by atoms with E-state index in [0.29, 0.717) is 11.8 Å². The predicted molar refractivity (Wildman–Crippen MR) is 61.3 cm³/mol. The number of nitrogens with zero attached hydrogens (tertiary/aromatic N) is 1. The van der Waals surface area contributed by atoms with Crippen molar-refractivity contribution in [3.63, 3.8) is 0 Å². The number of Topliss-reactive ketones (excluding diaryl/α,β-unsaturated/α-hetero) is 1. The summed E-state index contributed by atoms with van der Waals surface area (Å²) in [4.78, 5) is 32.2. The lowest BCUT2D eigenvalue weighted by Crippen LogP contribution is -2.06. The van der Waals surface area contributed by atoms with Crippen molar-refractivity contribution < 1.29 is 14.5 Å². The summed E-state index contributed by atoms with van der Waals surface area (Å²) in [5.74, 6) is -0.288. The molecule has 0 atom stereocenters. The van der Waals surface area contributed by atoms with Gasteiger partial charge in [-0.1, -0.05) is 15.9 Å². The smallest absolute Gasteiger partial charge is 0.270 e. The molecule has 0 aromatic heterocycles. The summed E-state index contributed by atoms with van der Waals surface area (Å²) in [7, 11) is 0. The minimum Gasteiger partial charge on any atom is -0.298 e. The number of nitro benzene ring substituents is 1. The molecule has 5 nitrogen and oxygen atoms in total. The van der Waals surface area contributed by atoms with Crippen LogP contribution in [0.2, 0.25) is 0 Å². The van der Waals surface area contributed by atoms with E-state index in [1.165, 1.54) is 6.07 Å². The van der Waals surface area contributed by atoms with Gasteiger partial charge in [-0.25, -0.2) is 0 Å². The molecule has 0 spiro atoms. The molecule has 0 heterocycles. The van der Waals surface area contributed by atoms with Crippen LogP contribution in [-0.2, 0) is 0 Å². The van der Waals surface area contributed by atoms with E-state index in [9.17, 15) is 19.7 Å². The summed E-state index contributed by atoms with van der Waals surface area (Å²) in [6.45, 7) is 1.59. The number of halogens is 1. The second-order valence-electron chi connectivity index (χ2n) is 3.14. The SMILES string of the molecule is Cc1c(C=O)cc([N+](=O)[O-])cc1C(=O)CBr. The third-order valence-corrected chi connectivity index (χ3v) is 2.70. The molecule has 0 N–H and O–H groups in total. The minimum absolute atomic E-state index is 0.0628. The van der Waals surface area contributed by atoms with Crippen LogP contribution in [0.25, 0.3) is 0 Å². The average Bonchev–Trinajstić information content (AvgIpc) is 2.28. The second-order valence-corrected chi connectivity index (χ2v) is 3.70. The Balaban J connectivity index is 3.47. The standard InChI is InChI=1S/C10H8BrNO4/c1-6-7(5-13)2-8(12(15)16)3-9(6)10(14)4-11/h2-3,5H,4H2,1H3. The van der Waals surface area contributed by atoms with Gasteiger partial charge in [-0.15, -0.1) is 0 Å². The maximum absolute atomic E-state index is 11.5. The van der Waals surface area contributed by atoms with Crippen LogP contribution in [0.15, 0.2) is 12.1 Å². The molecule has 0 fully saturated rings. The third kappa shape index (κ3) is 2.33. The van der Waals surface area contributed by atoms with E-state index in [1.807, 2.05) is 0 Å². The van der Waals surface area contributed by atoms with Gasteiger partial charge in [0.05, 0.1) is 10.3 Å². The molecular formula is C10H8BrNO4. The van der Waals surface area contributed by atoms with Gasteiger partial charge in [-0.2, -0.15) is 0 Å². The monoisotopic (exact) mass is 285 g/mol. The Morgan fingerprint density at radius 3 is 2.62 bits per heavy atom. The van der Waals surface area contributed by atoms with Gasteiger partial charge in [0.2, 0.25) is 0 Å². The lowest BCUT2D eigenvalue weighted by Gasteiger charge is -2.05. The first-order valence-corrected chi connectivity index (χ1v) is 5.46. The average molecular weight is 286 g/mol. The zero-order chi connectivity index (χ0) is 12.3. The van der Waals surface area contributed by atoms with Crippen molar-refractivity contribution in [3.05, 3.63) is 38.9 Å². The number of carbonyl (C=O) groups excluding carboxylic acids is 2. The highest BCUT2D eigenvalue weighted by atomic mass is 79.9. The van der Waals surface area contributed by atoms with Crippen molar-refractivity contribution in [1.82, 2.24) is 0 Å². The van der Waals surface area contributed by atoms with Crippen molar-refractivity contribution in [2.45, 2.75) is 6.92 Å². The van der Waals surface area contributed by atoms with Crippen molar-refractivity contribution in [3.8, 4) is 0 Å². The first kappa shape index (κ1) is 12.5. The van der Waals surface area contributed by atoms with Gasteiger partial charge >= 0.3 is 0 Å². The number of hydrogen-bond donors (Lipinski definition) is 0. The first-order valence-electron chi connectivity index (χ1n) is 4.34. The molecule has 0 aliphatic heterocycles. The lowest BCUT2D eigenvalue weighted by molar-refractivity contribution is -0.384. The highest BCUT2D eigenvalue weighted by Gasteiger charge is 2.17. The number of alkyl halides is 1. The summed E-state index contributed by atoms with van der Waals surface area (Å²) in [6, 6.07) is 2.35. The summed E-state index contributed by atoms with van der Waals surface area (Å²) in [6.07, 6.45) is 0.507. The number of hydrogen-bond acceptors (Lipinski definition) is 4. The molecule has 0 saturated heterocycles. The van der Waals surface area contributed by atoms with Crippen molar-refractivity contribution in [2.24, 2.45) is 0 Å². The fourth-order valence-corrected chi connectivity index (χ4v) is 1.61. The molecule has 1 aromatic carbocycles. The number of benzene rings is 1. The zero-order valence-electron chi connectivity index (χ0n) is 8.40. The van der Waals surface area contributed by atoms with Gasteiger partial charge in [0.1, 0.15) is 0 Å². The van der Waals surface area contributed by atoms with Crippen molar-refractivity contribution in [1.29, 1.82) is 0 Å². The second kappa shape index (κ2) is 4.98. The van der Waals surface area contributed by atoms with Gasteiger partial charge in [0, 0.05) is 23.3 Å². The summed E-state index contributed by atoms with van der Waals surface area (Å²) in [5, 5.41) is 10.7. The Morgan fingerprint density at radius 1 is 1.56 bits per heavy atom. The maximum Gasteiger partial charge on any atom is 0.270 e. The summed E-state index contributed by atoms with van der Waals surface area (Å²) >= 11 is 2.99. The number of nitro groups is 1. The molecule has 1 aromatic rings. The number of carbonyl (C=O) groups is 2. The normalized spacial score (nSPS) is 9.88. The zero-order valence-corrected chi connectivity index (χ0v) is 9.98. The largest absolute Gasteiger partial charge is 0.298 e. The van der Waals surface area contributed by atoms with E-state index in [4.69, 9.17) is 0 Å². The third-order valence-electron chi connectivity index (χ3n) is 2.19. The molecule has 6 heteroatoms. The van der Waals surface area contributed by atoms with Gasteiger partial charge in [0.25, 0.3) is 5.69 Å². The summed E-state index contributed by atoms with van der Waals surface area (Å²) in [5.41, 5.74) is 0.578. The first-order chi connectivity index (χ1) is 7.51. The van der Waals surface area contributed by atoms with Crippen molar-refractivity contribution >= 4 is 33.7 Å². The van der Waals surface area contributed by atoms with Crippen LogP contribution in [0, 0.1) is 17.0 Å². The fourth-order valence-electron chi connectivity index (χ4n) is 1.31. The Labute approximate surface area is 99.7 Å². The maximum atomic E-state index is 11.5. The van der Waals surface area contributed by atoms with Crippen LogP contribution in [0.4, 0.5) is 5.69 Å². The minimum atomic E-state index is -0.628. The molecule has 16 heavy (non-hydrogen) atoms. The molecule has 84 valence electrons. The molecule has 0 bridgehead atoms. The van der Waals surface area contributed by atoms with E-state index in [-0.39, 0.29) is 27.9 Å². The topological polar surface area (TPSA) is 77.3 Å². The van der Waals surface area contributed by atoms with Gasteiger partial charge < -0.3 is 0 Å². The number of aldehydes is 1. The van der Waals surface area contributed by atoms with E-state index in [0.717, 1.165) is 6.07 Å². The molecule has 0 aliphatic rings. The van der Waals surface area contributed by atoms with Crippen LogP contribution in [0.3, 0.4) is 0 Å². The van der Waals surface area contributed by atoms with E-state index < -0.39 is 4.92 Å². The van der Waals surface area contributed by atoms with Crippen LogP contribution in [0.5, 0.6) is 0 Å². The lowest BCUT2D eigenvalue weighted by atomic mass is 9.99. The Hall–Kier alpha value is -1.56. The molecule has 1 rings (SSSR count). The van der Waals surface area contributed by atoms with E-state index in [1.54, 1.807) is 6.92 Å². The number of non-ortho nitro benzene ring substituents is 1. The van der Waals surface area contributed by atoms with Crippen LogP contribution in [-0.4, -0.2) is 22.3 Å². The number of ketones is 1. The van der Waals surface area contributed by atoms with Gasteiger partial charge in [0.15, 0.2) is 12.1 Å². The van der Waals surface area contributed by atoms with E-state index in [2.05, 4.69) is 15.9 Å². The predicted octanol–water partition coefficient (Wildman–Crippen LogP) is 2.29. The number of rotatable bonds is 4. The Kier molecular flexibility index (Phi) is 3.89. The van der Waals surface area contributed by atoms with Crippen LogP contribution in [0.1, 0.15) is 26.3 Å². The quantitative estimate of drug-likeness (QED) is 0.280. The van der Waals surface area contributed by atoms with E-state index >= 15 is 0 Å². The van der Waals surface area contributed by atoms with Gasteiger partial charge in [-0.3, -0.25) is 19.7 Å². The highest BCUT2D eigenvalue weighted by molar-refractivity contribution is 9.09. The molecule has 0 aliphatic carbocycles. The molecule has 0 unspecified atom stereocenters. The van der Waals surface area contributed by atoms with Gasteiger partial charge in [-0.05, 0) is 12.5 Å².